The molecule has 86 valence electrons. The lowest BCUT2D eigenvalue weighted by atomic mass is 9.77. The zero-order valence-corrected chi connectivity index (χ0v) is 9.09. The molecule has 1 aliphatic carbocycles. The molecule has 1 aliphatic heterocycles. The largest absolute Gasteiger partial charge is 0.467 e. The molecule has 0 amide bonds. The number of hydrogen-bond acceptors (Lipinski definition) is 1. The van der Waals surface area contributed by atoms with Gasteiger partial charge in [-0.15, -0.1) is 0 Å². The van der Waals surface area contributed by atoms with Gasteiger partial charge in [0.2, 0.25) is 0 Å². The third kappa shape index (κ3) is 2.32. The van der Waals surface area contributed by atoms with Gasteiger partial charge in [-0.3, -0.25) is 0 Å². The van der Waals surface area contributed by atoms with E-state index in [0.717, 1.165) is 19.3 Å². The standard InChI is InChI=1S/C12H18F2O/c1-2-8-3-4-9(7-10(8)13)11-5-6-12(14)15-11/h6,8-11H,2-5,7H2,1H3/t8?,9?,10-,11?/m0/s1. The molecule has 0 spiro atoms. The van der Waals surface area contributed by atoms with E-state index in [1.165, 1.54) is 6.08 Å². The Balaban J connectivity index is 1.86. The fourth-order valence-electron chi connectivity index (χ4n) is 2.74. The summed E-state index contributed by atoms with van der Waals surface area (Å²) in [6.07, 6.45) is 4.59. The van der Waals surface area contributed by atoms with E-state index >= 15 is 0 Å². The molecule has 0 bridgehead atoms. The Morgan fingerprint density at radius 2 is 2.27 bits per heavy atom. The molecule has 15 heavy (non-hydrogen) atoms. The molecule has 1 heterocycles. The van der Waals surface area contributed by atoms with E-state index in [1.807, 2.05) is 6.92 Å². The lowest BCUT2D eigenvalue weighted by molar-refractivity contribution is 0.00862. The molecule has 4 atom stereocenters. The molecule has 2 rings (SSSR count). The number of hydrogen-bond donors (Lipinski definition) is 0. The van der Waals surface area contributed by atoms with Crippen molar-refractivity contribution in [2.45, 2.75) is 51.3 Å². The Bertz CT molecular complexity index is 252. The normalized spacial score (nSPS) is 41.1. The number of rotatable bonds is 2. The summed E-state index contributed by atoms with van der Waals surface area (Å²) in [6, 6.07) is -0.479. The summed E-state index contributed by atoms with van der Waals surface area (Å²) in [4.78, 5) is 0. The quantitative estimate of drug-likeness (QED) is 0.683. The van der Waals surface area contributed by atoms with Crippen LogP contribution in [0.1, 0.15) is 39.0 Å². The Morgan fingerprint density at radius 1 is 1.47 bits per heavy atom. The van der Waals surface area contributed by atoms with Crippen LogP contribution in [0.4, 0.5) is 8.78 Å². The van der Waals surface area contributed by atoms with Crippen LogP contribution in [0.15, 0.2) is 12.1 Å². The molecule has 3 unspecified atom stereocenters. The van der Waals surface area contributed by atoms with E-state index in [2.05, 4.69) is 0 Å². The van der Waals surface area contributed by atoms with Gasteiger partial charge < -0.3 is 4.74 Å². The van der Waals surface area contributed by atoms with Gasteiger partial charge in [-0.2, -0.15) is 4.39 Å². The van der Waals surface area contributed by atoms with Crippen molar-refractivity contribution >= 4 is 0 Å². The van der Waals surface area contributed by atoms with Crippen LogP contribution in [0.2, 0.25) is 0 Å². The SMILES string of the molecule is CCC1CCC(C2CC=C(F)O2)C[C@@H]1F. The van der Waals surface area contributed by atoms with Gasteiger partial charge in [0.25, 0.3) is 6.01 Å². The van der Waals surface area contributed by atoms with Gasteiger partial charge in [-0.25, -0.2) is 4.39 Å². The second-order valence-electron chi connectivity index (χ2n) is 4.66. The minimum absolute atomic E-state index is 0.110. The first kappa shape index (κ1) is 10.9. The van der Waals surface area contributed by atoms with Gasteiger partial charge >= 0.3 is 0 Å². The summed E-state index contributed by atoms with van der Waals surface area (Å²) in [7, 11) is 0. The van der Waals surface area contributed by atoms with E-state index < -0.39 is 12.2 Å². The minimum Gasteiger partial charge on any atom is -0.467 e. The highest BCUT2D eigenvalue weighted by Crippen LogP contribution is 2.38. The predicted molar refractivity (Wildman–Crippen MR) is 54.7 cm³/mol. The maximum Gasteiger partial charge on any atom is 0.269 e. The average Bonchev–Trinajstić information content (AvgIpc) is 2.65. The summed E-state index contributed by atoms with van der Waals surface area (Å²) in [5.74, 6) is 0.410. The van der Waals surface area contributed by atoms with Gasteiger partial charge in [0.05, 0.1) is 0 Å². The smallest absolute Gasteiger partial charge is 0.269 e. The lowest BCUT2D eigenvalue weighted by Gasteiger charge is -2.33. The Kier molecular flexibility index (Phi) is 3.27. The number of halogens is 2. The van der Waals surface area contributed by atoms with Gasteiger partial charge in [0.15, 0.2) is 0 Å². The van der Waals surface area contributed by atoms with Gasteiger partial charge in [-0.05, 0) is 37.2 Å². The van der Waals surface area contributed by atoms with Crippen molar-refractivity contribution in [2.75, 3.05) is 0 Å². The van der Waals surface area contributed by atoms with Crippen molar-refractivity contribution in [3.05, 3.63) is 12.1 Å². The van der Waals surface area contributed by atoms with E-state index in [1.54, 1.807) is 0 Å². The minimum atomic E-state index is -0.721. The van der Waals surface area contributed by atoms with Crippen molar-refractivity contribution < 1.29 is 13.5 Å². The van der Waals surface area contributed by atoms with E-state index in [4.69, 9.17) is 4.74 Å². The molecule has 3 heteroatoms. The van der Waals surface area contributed by atoms with E-state index in [9.17, 15) is 8.78 Å². The molecule has 0 aromatic heterocycles. The molecule has 0 saturated heterocycles. The van der Waals surface area contributed by atoms with Crippen molar-refractivity contribution in [3.63, 3.8) is 0 Å². The summed E-state index contributed by atoms with van der Waals surface area (Å²) in [5, 5.41) is 0. The molecule has 1 saturated carbocycles. The lowest BCUT2D eigenvalue weighted by Crippen LogP contribution is -2.32. The zero-order valence-electron chi connectivity index (χ0n) is 9.09. The van der Waals surface area contributed by atoms with Crippen molar-refractivity contribution in [1.29, 1.82) is 0 Å². The molecule has 1 nitrogen and oxygen atoms in total. The van der Waals surface area contributed by atoms with Crippen LogP contribution in [-0.4, -0.2) is 12.3 Å². The fraction of sp³-hybridized carbons (Fsp3) is 0.833. The van der Waals surface area contributed by atoms with Gasteiger partial charge in [-0.1, -0.05) is 13.3 Å². The average molecular weight is 216 g/mol. The van der Waals surface area contributed by atoms with Crippen LogP contribution < -0.4 is 0 Å². The molecule has 0 aromatic carbocycles. The second kappa shape index (κ2) is 4.50. The molecule has 0 N–H and O–H groups in total. The second-order valence-corrected chi connectivity index (χ2v) is 4.66. The summed E-state index contributed by atoms with van der Waals surface area (Å²) < 4.78 is 31.4. The number of ether oxygens (including phenoxy) is 1. The van der Waals surface area contributed by atoms with Crippen LogP contribution >= 0.6 is 0 Å². The molecular formula is C12H18F2O. The summed E-state index contributed by atoms with van der Waals surface area (Å²) >= 11 is 0. The first-order valence-electron chi connectivity index (χ1n) is 5.87. The topological polar surface area (TPSA) is 9.23 Å². The molecule has 0 aromatic rings. The maximum absolute atomic E-state index is 13.7. The third-order valence-corrected chi connectivity index (χ3v) is 3.77. The number of alkyl halides is 1. The van der Waals surface area contributed by atoms with Crippen LogP contribution in [0.3, 0.4) is 0 Å². The molecular weight excluding hydrogens is 198 g/mol. The van der Waals surface area contributed by atoms with Gasteiger partial charge in [0, 0.05) is 6.42 Å². The summed E-state index contributed by atoms with van der Waals surface area (Å²) in [6.45, 7) is 2.03. The monoisotopic (exact) mass is 216 g/mol. The molecule has 2 aliphatic rings. The third-order valence-electron chi connectivity index (χ3n) is 3.77. The maximum atomic E-state index is 13.7. The highest BCUT2D eigenvalue weighted by atomic mass is 19.1. The highest BCUT2D eigenvalue weighted by molar-refractivity contribution is 4.97. The van der Waals surface area contributed by atoms with Crippen molar-refractivity contribution in [3.8, 4) is 0 Å². The van der Waals surface area contributed by atoms with Crippen LogP contribution in [-0.2, 0) is 4.74 Å². The van der Waals surface area contributed by atoms with Crippen molar-refractivity contribution in [2.24, 2.45) is 11.8 Å². The van der Waals surface area contributed by atoms with Crippen LogP contribution in [0.25, 0.3) is 0 Å². The summed E-state index contributed by atoms with van der Waals surface area (Å²) in [5.41, 5.74) is 0. The van der Waals surface area contributed by atoms with E-state index in [-0.39, 0.29) is 17.9 Å². The molecule has 0 radical (unpaired) electrons. The first-order valence-corrected chi connectivity index (χ1v) is 5.87. The Hall–Kier alpha value is -0.600. The van der Waals surface area contributed by atoms with Crippen LogP contribution in [0, 0.1) is 11.8 Å². The molecule has 1 fully saturated rings. The van der Waals surface area contributed by atoms with Crippen LogP contribution in [0.5, 0.6) is 0 Å². The van der Waals surface area contributed by atoms with Crippen molar-refractivity contribution in [1.82, 2.24) is 0 Å². The fourth-order valence-corrected chi connectivity index (χ4v) is 2.74. The van der Waals surface area contributed by atoms with Gasteiger partial charge in [0.1, 0.15) is 12.3 Å². The Labute approximate surface area is 89.5 Å². The predicted octanol–water partition coefficient (Wildman–Crippen LogP) is 3.75. The highest BCUT2D eigenvalue weighted by Gasteiger charge is 2.36. The first-order chi connectivity index (χ1) is 7.20. The van der Waals surface area contributed by atoms with E-state index in [0.29, 0.717) is 12.8 Å². The Morgan fingerprint density at radius 3 is 2.80 bits per heavy atom. The zero-order chi connectivity index (χ0) is 10.8.